The molecule has 0 aromatic heterocycles. The molecule has 6 aromatic rings. The molecule has 2 nitrogen and oxygen atoms in total. The molecular weight excluding hydrogens is 766 g/mol. The van der Waals surface area contributed by atoms with Crippen LogP contribution in [-0.4, -0.2) is 5.92 Å². The second-order valence-electron chi connectivity index (χ2n) is 14.6. The minimum absolute atomic E-state index is 0.688. The van der Waals surface area contributed by atoms with Crippen molar-refractivity contribution in [2.24, 2.45) is 0 Å². The van der Waals surface area contributed by atoms with Crippen molar-refractivity contribution in [2.45, 2.75) is 58.3 Å². The molecular formula is C45H40Br2F2N2. The number of nitrogens with zero attached hydrogens (tertiary/aromatic N) is 2. The second-order valence-corrected chi connectivity index (χ2v) is 16.4. The molecule has 6 aromatic carbocycles. The van der Waals surface area contributed by atoms with Gasteiger partial charge in [0.25, 0.3) is 5.92 Å². The Labute approximate surface area is 317 Å². The first-order valence-electron chi connectivity index (χ1n) is 17.1. The maximum atomic E-state index is 16.0. The minimum Gasteiger partial charge on any atom is -0.310 e. The van der Waals surface area contributed by atoms with Crippen molar-refractivity contribution in [3.05, 3.63) is 165 Å². The van der Waals surface area contributed by atoms with Gasteiger partial charge in [-0.2, -0.15) is 0 Å². The number of rotatable bonds is 7. The lowest BCUT2D eigenvalue weighted by molar-refractivity contribution is -0.105. The van der Waals surface area contributed by atoms with Crippen molar-refractivity contribution in [3.63, 3.8) is 0 Å². The Morgan fingerprint density at radius 3 is 1.20 bits per heavy atom. The fraction of sp³-hybridized carbons (Fsp3) is 0.200. The summed E-state index contributed by atoms with van der Waals surface area (Å²) in [6, 6.07) is 46.1. The molecule has 0 aliphatic heterocycles. The number of hydrogen-bond donors (Lipinski definition) is 0. The highest BCUT2D eigenvalue weighted by atomic mass is 79.9. The Morgan fingerprint density at radius 2 is 0.784 bits per heavy atom. The summed E-state index contributed by atoms with van der Waals surface area (Å²) in [4.78, 5) is 4.50. The average molecular weight is 807 g/mol. The van der Waals surface area contributed by atoms with Gasteiger partial charge in [0.2, 0.25) is 0 Å². The Balaban J connectivity index is 1.51. The highest BCUT2D eigenvalue weighted by Crippen LogP contribution is 2.60. The van der Waals surface area contributed by atoms with Crippen LogP contribution >= 0.6 is 31.9 Å². The number of anilines is 6. The molecule has 1 aliphatic carbocycles. The molecule has 0 heterocycles. The first-order valence-corrected chi connectivity index (χ1v) is 18.7. The molecule has 0 amide bonds. The summed E-state index contributed by atoms with van der Waals surface area (Å²) in [5.41, 5.74) is 8.81. The summed E-state index contributed by atoms with van der Waals surface area (Å²) in [5.74, 6) is -2.92. The summed E-state index contributed by atoms with van der Waals surface area (Å²) >= 11 is 7.23. The molecule has 0 spiro atoms. The molecule has 0 saturated carbocycles. The first kappa shape index (κ1) is 35.2. The van der Waals surface area contributed by atoms with E-state index >= 15 is 8.78 Å². The fourth-order valence-corrected chi connectivity index (χ4v) is 7.92. The minimum atomic E-state index is -2.92. The molecule has 0 radical (unpaired) electrons. The Hall–Kier alpha value is -4.26. The van der Waals surface area contributed by atoms with Gasteiger partial charge in [-0.05, 0) is 155 Å². The maximum Gasteiger partial charge on any atom is 0.266 e. The third kappa shape index (κ3) is 6.21. The third-order valence-electron chi connectivity index (χ3n) is 10.4. The van der Waals surface area contributed by atoms with E-state index in [4.69, 9.17) is 0 Å². The molecule has 51 heavy (non-hydrogen) atoms. The van der Waals surface area contributed by atoms with Gasteiger partial charge in [-0.15, -0.1) is 0 Å². The maximum absolute atomic E-state index is 16.0. The van der Waals surface area contributed by atoms with E-state index in [9.17, 15) is 0 Å². The largest absolute Gasteiger partial charge is 0.310 e. The highest BCUT2D eigenvalue weighted by Gasteiger charge is 2.65. The van der Waals surface area contributed by atoms with Gasteiger partial charge in [0.1, 0.15) is 0 Å². The van der Waals surface area contributed by atoms with Gasteiger partial charge >= 0.3 is 0 Å². The zero-order valence-electron chi connectivity index (χ0n) is 29.6. The van der Waals surface area contributed by atoms with Crippen molar-refractivity contribution in [3.8, 4) is 11.1 Å². The van der Waals surface area contributed by atoms with E-state index in [1.54, 1.807) is 27.7 Å². The summed E-state index contributed by atoms with van der Waals surface area (Å²) in [6.07, 6.45) is 0. The fourth-order valence-electron chi connectivity index (χ4n) is 7.39. The van der Waals surface area contributed by atoms with E-state index in [0.29, 0.717) is 11.1 Å². The first-order chi connectivity index (χ1) is 24.2. The summed E-state index contributed by atoms with van der Waals surface area (Å²) in [7, 11) is 0. The van der Waals surface area contributed by atoms with Crippen LogP contribution in [0, 0.1) is 13.8 Å². The zero-order valence-corrected chi connectivity index (χ0v) is 32.8. The van der Waals surface area contributed by atoms with Crippen molar-refractivity contribution in [2.75, 3.05) is 9.80 Å². The predicted molar refractivity (Wildman–Crippen MR) is 217 cm³/mol. The monoisotopic (exact) mass is 804 g/mol. The molecule has 258 valence electrons. The third-order valence-corrected chi connectivity index (χ3v) is 11.5. The lowest BCUT2D eigenvalue weighted by atomic mass is 9.77. The highest BCUT2D eigenvalue weighted by molar-refractivity contribution is 9.10. The van der Waals surface area contributed by atoms with Crippen LogP contribution < -0.4 is 9.80 Å². The standard InChI is InChI=1S/C45H40Br2F2N2/c1-29-7-16-35(17-8-29)50(36-18-9-30(2)10-19-36)39-25-32(31-11-24-41-42(27-31)44(5,6)45(48,49)43(41,3)4)26-40(28-39)51(37-20-12-33(46)13-21-37)38-22-14-34(47)15-23-38/h7-28H,1-6H3. The summed E-state index contributed by atoms with van der Waals surface area (Å²) < 4.78 is 34.0. The van der Waals surface area contributed by atoms with Gasteiger partial charge in [-0.25, -0.2) is 8.78 Å². The molecule has 1 aliphatic rings. The van der Waals surface area contributed by atoms with E-state index in [0.717, 1.165) is 54.2 Å². The van der Waals surface area contributed by atoms with E-state index in [1.807, 2.05) is 42.5 Å². The van der Waals surface area contributed by atoms with Gasteiger partial charge in [0.15, 0.2) is 0 Å². The zero-order chi connectivity index (χ0) is 36.3. The molecule has 0 N–H and O–H groups in total. The van der Waals surface area contributed by atoms with E-state index in [-0.39, 0.29) is 0 Å². The van der Waals surface area contributed by atoms with Crippen molar-refractivity contribution in [1.29, 1.82) is 0 Å². The quantitative estimate of drug-likeness (QED) is 0.159. The number of alkyl halides is 2. The van der Waals surface area contributed by atoms with Gasteiger partial charge < -0.3 is 9.80 Å². The van der Waals surface area contributed by atoms with Crippen LogP contribution in [0.1, 0.15) is 49.9 Å². The number of benzene rings is 6. The van der Waals surface area contributed by atoms with Crippen LogP contribution in [0.2, 0.25) is 0 Å². The van der Waals surface area contributed by atoms with Crippen LogP contribution in [-0.2, 0) is 10.8 Å². The van der Waals surface area contributed by atoms with Crippen molar-refractivity contribution >= 4 is 66.0 Å². The van der Waals surface area contributed by atoms with Gasteiger partial charge in [-0.3, -0.25) is 0 Å². The summed E-state index contributed by atoms with van der Waals surface area (Å²) in [6.45, 7) is 10.8. The molecule has 0 atom stereocenters. The van der Waals surface area contributed by atoms with Gasteiger partial charge in [0, 0.05) is 43.1 Å². The van der Waals surface area contributed by atoms with Crippen LogP contribution in [0.5, 0.6) is 0 Å². The Bertz CT molecular complexity index is 2000. The van der Waals surface area contributed by atoms with Crippen LogP contribution in [0.4, 0.5) is 42.9 Å². The van der Waals surface area contributed by atoms with E-state index < -0.39 is 16.8 Å². The number of aryl methyl sites for hydroxylation is 2. The van der Waals surface area contributed by atoms with Crippen molar-refractivity contribution in [1.82, 2.24) is 0 Å². The van der Waals surface area contributed by atoms with Gasteiger partial charge in [0.05, 0.1) is 10.8 Å². The molecule has 6 heteroatoms. The second kappa shape index (κ2) is 13.1. The molecule has 7 rings (SSSR count). The SMILES string of the molecule is Cc1ccc(N(c2ccc(C)cc2)c2cc(-c3ccc4c(c3)C(C)(C)C(F)(F)C4(C)C)cc(N(c3ccc(Br)cc3)c3ccc(Br)cc3)c2)cc1. The molecule has 0 unspecified atom stereocenters. The van der Waals surface area contributed by atoms with E-state index in [1.165, 1.54) is 11.1 Å². The Kier molecular flexibility index (Phi) is 9.00. The normalized spacial score (nSPS) is 15.3. The lowest BCUT2D eigenvalue weighted by Gasteiger charge is -2.35. The van der Waals surface area contributed by atoms with Crippen LogP contribution in [0.3, 0.4) is 0 Å². The Morgan fingerprint density at radius 1 is 0.412 bits per heavy atom. The topological polar surface area (TPSA) is 6.48 Å². The van der Waals surface area contributed by atoms with E-state index in [2.05, 4.69) is 147 Å². The van der Waals surface area contributed by atoms with Crippen LogP contribution in [0.15, 0.2) is 142 Å². The molecule has 0 saturated heterocycles. The summed E-state index contributed by atoms with van der Waals surface area (Å²) in [5, 5.41) is 0. The number of fused-ring (bicyclic) bond motifs is 1. The van der Waals surface area contributed by atoms with Crippen LogP contribution in [0.25, 0.3) is 11.1 Å². The lowest BCUT2D eigenvalue weighted by Crippen LogP contribution is -2.46. The van der Waals surface area contributed by atoms with Gasteiger partial charge in [-0.1, -0.05) is 85.5 Å². The average Bonchev–Trinajstić information content (AvgIpc) is 3.21. The molecule has 0 fully saturated rings. The van der Waals surface area contributed by atoms with Crippen molar-refractivity contribution < 1.29 is 8.78 Å². The molecule has 0 bridgehead atoms. The number of hydrogen-bond acceptors (Lipinski definition) is 2. The number of halogens is 4. The smallest absolute Gasteiger partial charge is 0.266 e. The predicted octanol–water partition coefficient (Wildman–Crippen LogP) is 14.6.